The summed E-state index contributed by atoms with van der Waals surface area (Å²) in [5, 5.41) is 3.55. The third-order valence-electron chi connectivity index (χ3n) is 1.37. The van der Waals surface area contributed by atoms with Crippen LogP contribution >= 0.6 is 23.2 Å². The molecule has 0 saturated heterocycles. The molecule has 0 spiro atoms. The molecule has 0 bridgehead atoms. The van der Waals surface area contributed by atoms with Crippen molar-refractivity contribution in [3.05, 3.63) is 33.8 Å². The highest BCUT2D eigenvalue weighted by Crippen LogP contribution is 2.22. The highest BCUT2D eigenvalue weighted by Gasteiger charge is 1.97. The fraction of sp³-hybridized carbons (Fsp3) is 0.125. The number of halogens is 2. The summed E-state index contributed by atoms with van der Waals surface area (Å²) >= 11 is 11.4. The van der Waals surface area contributed by atoms with E-state index in [1.165, 1.54) is 0 Å². The minimum absolute atomic E-state index is 0.473. The molecule has 4 heteroatoms. The third kappa shape index (κ3) is 2.40. The van der Waals surface area contributed by atoms with Crippen LogP contribution in [0.15, 0.2) is 18.2 Å². The highest BCUT2D eigenvalue weighted by atomic mass is 35.5. The summed E-state index contributed by atoms with van der Waals surface area (Å²) in [4.78, 5) is 9.96. The van der Waals surface area contributed by atoms with Gasteiger partial charge in [0.15, 0.2) is 0 Å². The maximum atomic E-state index is 9.96. The van der Waals surface area contributed by atoms with Gasteiger partial charge in [0.2, 0.25) is 6.41 Å². The molecular weight excluding hydrogens is 197 g/mol. The average Bonchev–Trinajstić information content (AvgIpc) is 2.07. The van der Waals surface area contributed by atoms with Gasteiger partial charge in [-0.05, 0) is 17.7 Å². The minimum atomic E-state index is 0.473. The maximum absolute atomic E-state index is 9.96. The lowest BCUT2D eigenvalue weighted by molar-refractivity contribution is -0.109. The molecule has 1 amide bonds. The summed E-state index contributed by atoms with van der Waals surface area (Å²) in [5.41, 5.74) is 0.927. The van der Waals surface area contributed by atoms with Crippen molar-refractivity contribution in [2.45, 2.75) is 6.54 Å². The second-order valence-corrected chi connectivity index (χ2v) is 3.06. The minimum Gasteiger partial charge on any atom is -0.355 e. The Bertz CT molecular complexity index is 288. The van der Waals surface area contributed by atoms with Crippen molar-refractivity contribution in [3.63, 3.8) is 0 Å². The molecule has 0 atom stereocenters. The number of nitrogens with one attached hydrogen (secondary N) is 1. The molecule has 0 aliphatic carbocycles. The van der Waals surface area contributed by atoms with E-state index in [9.17, 15) is 4.79 Å². The fourth-order valence-electron chi connectivity index (χ4n) is 0.809. The lowest BCUT2D eigenvalue weighted by Gasteiger charge is -2.01. The molecule has 0 aliphatic rings. The molecule has 64 valence electrons. The Hall–Kier alpha value is -0.730. The first-order chi connectivity index (χ1) is 5.74. The van der Waals surface area contributed by atoms with Crippen molar-refractivity contribution in [2.24, 2.45) is 0 Å². The molecule has 2 nitrogen and oxygen atoms in total. The zero-order chi connectivity index (χ0) is 8.97. The summed E-state index contributed by atoms with van der Waals surface area (Å²) in [6, 6.07) is 5.23. The first-order valence-electron chi connectivity index (χ1n) is 3.35. The molecule has 1 aromatic carbocycles. The number of carbonyl (C=O) groups is 1. The van der Waals surface area contributed by atoms with E-state index >= 15 is 0 Å². The Labute approximate surface area is 80.5 Å². The molecule has 0 aromatic heterocycles. The van der Waals surface area contributed by atoms with Crippen molar-refractivity contribution < 1.29 is 4.79 Å². The van der Waals surface area contributed by atoms with Crippen LogP contribution in [0.4, 0.5) is 0 Å². The van der Waals surface area contributed by atoms with E-state index in [4.69, 9.17) is 23.2 Å². The fourth-order valence-corrected chi connectivity index (χ4v) is 1.13. The molecule has 1 rings (SSSR count). The number of rotatable bonds is 3. The molecule has 12 heavy (non-hydrogen) atoms. The Morgan fingerprint density at radius 2 is 2.08 bits per heavy atom. The molecular formula is C8H7Cl2NO. The van der Waals surface area contributed by atoms with Gasteiger partial charge >= 0.3 is 0 Å². The molecule has 0 unspecified atom stereocenters. The normalized spacial score (nSPS) is 9.50. The Kier molecular flexibility index (Phi) is 3.38. The van der Waals surface area contributed by atoms with E-state index in [-0.39, 0.29) is 0 Å². The van der Waals surface area contributed by atoms with Crippen molar-refractivity contribution in [3.8, 4) is 0 Å². The topological polar surface area (TPSA) is 29.1 Å². The predicted molar refractivity (Wildman–Crippen MR) is 49.4 cm³/mol. The van der Waals surface area contributed by atoms with Gasteiger partial charge in [-0.15, -0.1) is 0 Å². The molecule has 1 aromatic rings. The monoisotopic (exact) mass is 203 g/mol. The van der Waals surface area contributed by atoms with E-state index in [1.54, 1.807) is 12.1 Å². The third-order valence-corrected chi connectivity index (χ3v) is 2.11. The van der Waals surface area contributed by atoms with Crippen LogP contribution in [0.3, 0.4) is 0 Å². The van der Waals surface area contributed by atoms with Crippen LogP contribution < -0.4 is 5.32 Å². The second-order valence-electron chi connectivity index (χ2n) is 2.25. The quantitative estimate of drug-likeness (QED) is 0.751. The van der Waals surface area contributed by atoms with E-state index in [2.05, 4.69) is 5.32 Å². The van der Waals surface area contributed by atoms with Gasteiger partial charge in [0, 0.05) is 6.54 Å². The van der Waals surface area contributed by atoms with Gasteiger partial charge in [-0.2, -0.15) is 0 Å². The van der Waals surface area contributed by atoms with Crippen molar-refractivity contribution in [2.75, 3.05) is 0 Å². The van der Waals surface area contributed by atoms with E-state index < -0.39 is 0 Å². The van der Waals surface area contributed by atoms with Crippen LogP contribution in [0, 0.1) is 0 Å². The Morgan fingerprint density at radius 3 is 2.67 bits per heavy atom. The van der Waals surface area contributed by atoms with E-state index in [0.717, 1.165) is 5.56 Å². The number of carbonyl (C=O) groups excluding carboxylic acids is 1. The average molecular weight is 204 g/mol. The van der Waals surface area contributed by atoms with E-state index in [1.807, 2.05) is 6.07 Å². The van der Waals surface area contributed by atoms with Crippen molar-refractivity contribution in [1.82, 2.24) is 5.32 Å². The summed E-state index contributed by atoms with van der Waals surface area (Å²) in [5.74, 6) is 0. The number of hydrogen-bond acceptors (Lipinski definition) is 1. The molecule has 0 saturated carbocycles. The zero-order valence-corrected chi connectivity index (χ0v) is 7.69. The number of amides is 1. The van der Waals surface area contributed by atoms with Crippen LogP contribution in [-0.4, -0.2) is 6.41 Å². The van der Waals surface area contributed by atoms with Gasteiger partial charge in [-0.25, -0.2) is 0 Å². The van der Waals surface area contributed by atoms with Crippen LogP contribution in [0.5, 0.6) is 0 Å². The first-order valence-corrected chi connectivity index (χ1v) is 4.10. The highest BCUT2D eigenvalue weighted by molar-refractivity contribution is 6.42. The molecule has 0 fully saturated rings. The zero-order valence-electron chi connectivity index (χ0n) is 6.18. The van der Waals surface area contributed by atoms with Gasteiger partial charge < -0.3 is 5.32 Å². The largest absolute Gasteiger partial charge is 0.355 e. The lowest BCUT2D eigenvalue weighted by Crippen LogP contribution is -2.09. The van der Waals surface area contributed by atoms with Gasteiger partial charge in [0.25, 0.3) is 0 Å². The van der Waals surface area contributed by atoms with Gasteiger partial charge in [0.05, 0.1) is 10.0 Å². The van der Waals surface area contributed by atoms with E-state index in [0.29, 0.717) is 23.0 Å². The summed E-state index contributed by atoms with van der Waals surface area (Å²) in [6.07, 6.45) is 0.641. The van der Waals surface area contributed by atoms with Crippen LogP contribution in [0.25, 0.3) is 0 Å². The van der Waals surface area contributed by atoms with Crippen LogP contribution in [0.2, 0.25) is 10.0 Å². The Balaban J connectivity index is 2.75. The lowest BCUT2D eigenvalue weighted by atomic mass is 10.2. The van der Waals surface area contributed by atoms with Crippen molar-refractivity contribution >= 4 is 29.6 Å². The second kappa shape index (κ2) is 4.33. The molecule has 1 N–H and O–H groups in total. The predicted octanol–water partition coefficient (Wildman–Crippen LogP) is 2.24. The first kappa shape index (κ1) is 9.36. The van der Waals surface area contributed by atoms with Crippen LogP contribution in [0.1, 0.15) is 5.56 Å². The van der Waals surface area contributed by atoms with Crippen LogP contribution in [-0.2, 0) is 11.3 Å². The summed E-state index contributed by atoms with van der Waals surface area (Å²) in [6.45, 7) is 0.473. The van der Waals surface area contributed by atoms with Gasteiger partial charge in [-0.1, -0.05) is 29.3 Å². The van der Waals surface area contributed by atoms with Gasteiger partial charge in [-0.3, -0.25) is 4.79 Å². The molecule has 0 aliphatic heterocycles. The van der Waals surface area contributed by atoms with Gasteiger partial charge in [0.1, 0.15) is 0 Å². The van der Waals surface area contributed by atoms with Crippen molar-refractivity contribution in [1.29, 1.82) is 0 Å². The molecule has 0 radical (unpaired) electrons. The Morgan fingerprint density at radius 1 is 1.33 bits per heavy atom. The summed E-state index contributed by atoms with van der Waals surface area (Å²) < 4.78 is 0. The smallest absolute Gasteiger partial charge is 0.207 e. The SMILES string of the molecule is O=CNCc1ccc(Cl)c(Cl)c1. The number of benzene rings is 1. The standard InChI is InChI=1S/C8H7Cl2NO/c9-7-2-1-6(3-8(7)10)4-11-5-12/h1-3,5H,4H2,(H,11,12). The summed E-state index contributed by atoms with van der Waals surface area (Å²) in [7, 11) is 0. The number of hydrogen-bond donors (Lipinski definition) is 1. The molecule has 0 heterocycles. The maximum Gasteiger partial charge on any atom is 0.207 e.